The summed E-state index contributed by atoms with van der Waals surface area (Å²) in [5.41, 5.74) is -0.548. The van der Waals surface area contributed by atoms with Gasteiger partial charge in [-0.05, 0) is 18.6 Å². The van der Waals surface area contributed by atoms with E-state index < -0.39 is 29.9 Å². The number of aliphatic imine (C=N–C) groups is 1. The standard InChI is InChI=1S/C18H19ClF4N2O/c1-2-13(11-20)12-25-14(7-9-19)8-10-24-17(26)15-5-3-4-6-16(15)18(21,22)23/h2-6,12H,1,7-11H2,(H,24,26)/b13-12+,25-14+. The van der Waals surface area contributed by atoms with E-state index in [1.54, 1.807) is 0 Å². The van der Waals surface area contributed by atoms with Crippen molar-refractivity contribution in [2.24, 2.45) is 4.99 Å². The predicted molar refractivity (Wildman–Crippen MR) is 95.4 cm³/mol. The Balaban J connectivity index is 2.76. The van der Waals surface area contributed by atoms with Crippen LogP contribution in [0.4, 0.5) is 17.6 Å². The summed E-state index contributed by atoms with van der Waals surface area (Å²) < 4.78 is 51.4. The number of carbonyl (C=O) groups excluding carboxylic acids is 1. The highest BCUT2D eigenvalue weighted by atomic mass is 35.5. The Kier molecular flexibility index (Phi) is 9.05. The smallest absolute Gasteiger partial charge is 0.352 e. The molecule has 0 aliphatic rings. The van der Waals surface area contributed by atoms with E-state index in [9.17, 15) is 22.4 Å². The number of hydrogen-bond donors (Lipinski definition) is 1. The maximum atomic E-state index is 12.9. The molecule has 0 saturated carbocycles. The van der Waals surface area contributed by atoms with Gasteiger partial charge in [-0.3, -0.25) is 9.79 Å². The number of carbonyl (C=O) groups is 1. The van der Waals surface area contributed by atoms with Crippen LogP contribution < -0.4 is 5.32 Å². The third-order valence-electron chi connectivity index (χ3n) is 3.39. The third kappa shape index (κ3) is 7.00. The number of nitrogens with one attached hydrogen (secondary N) is 1. The van der Waals surface area contributed by atoms with Crippen molar-refractivity contribution in [3.63, 3.8) is 0 Å². The molecule has 0 spiro atoms. The van der Waals surface area contributed by atoms with Gasteiger partial charge in [0.15, 0.2) is 0 Å². The second-order valence-electron chi connectivity index (χ2n) is 5.23. The molecule has 0 atom stereocenters. The molecule has 0 aromatic heterocycles. The summed E-state index contributed by atoms with van der Waals surface area (Å²) in [4.78, 5) is 16.2. The Morgan fingerprint density at radius 3 is 2.54 bits per heavy atom. The van der Waals surface area contributed by atoms with E-state index in [1.807, 2.05) is 0 Å². The molecule has 0 radical (unpaired) electrons. The molecule has 1 N–H and O–H groups in total. The van der Waals surface area contributed by atoms with Crippen LogP contribution >= 0.6 is 11.6 Å². The van der Waals surface area contributed by atoms with Gasteiger partial charge in [0.25, 0.3) is 5.91 Å². The number of allylic oxidation sites excluding steroid dienone is 2. The number of nitrogens with zero attached hydrogens (tertiary/aromatic N) is 1. The molecule has 3 nitrogen and oxygen atoms in total. The Morgan fingerprint density at radius 1 is 1.27 bits per heavy atom. The Hall–Kier alpha value is -2.15. The van der Waals surface area contributed by atoms with E-state index in [0.717, 1.165) is 12.1 Å². The Morgan fingerprint density at radius 2 is 1.96 bits per heavy atom. The summed E-state index contributed by atoms with van der Waals surface area (Å²) in [6.07, 6.45) is -1.28. The lowest BCUT2D eigenvalue weighted by molar-refractivity contribution is -0.137. The van der Waals surface area contributed by atoms with Gasteiger partial charge in [0.1, 0.15) is 6.67 Å². The molecule has 1 rings (SSSR count). The lowest BCUT2D eigenvalue weighted by atomic mass is 10.1. The van der Waals surface area contributed by atoms with Gasteiger partial charge in [-0.15, -0.1) is 11.6 Å². The van der Waals surface area contributed by atoms with Gasteiger partial charge >= 0.3 is 6.18 Å². The van der Waals surface area contributed by atoms with E-state index >= 15 is 0 Å². The zero-order valence-electron chi connectivity index (χ0n) is 14.0. The first kappa shape index (κ1) is 21.9. The minimum Gasteiger partial charge on any atom is -0.352 e. The van der Waals surface area contributed by atoms with Crippen LogP contribution in [-0.4, -0.2) is 30.7 Å². The van der Waals surface area contributed by atoms with Crippen molar-refractivity contribution in [1.29, 1.82) is 0 Å². The molecular formula is C18H19ClF4N2O. The highest BCUT2D eigenvalue weighted by Gasteiger charge is 2.34. The second kappa shape index (κ2) is 10.8. The maximum Gasteiger partial charge on any atom is 0.417 e. The molecule has 0 bridgehead atoms. The first-order chi connectivity index (χ1) is 12.3. The van der Waals surface area contributed by atoms with Crippen molar-refractivity contribution in [2.75, 3.05) is 19.1 Å². The molecule has 26 heavy (non-hydrogen) atoms. The van der Waals surface area contributed by atoms with Crippen molar-refractivity contribution in [2.45, 2.75) is 19.0 Å². The number of hydrogen-bond acceptors (Lipinski definition) is 2. The Bertz CT molecular complexity index is 684. The molecule has 1 aromatic carbocycles. The summed E-state index contributed by atoms with van der Waals surface area (Å²) in [5, 5.41) is 2.44. The normalized spacial score (nSPS) is 12.8. The molecule has 142 valence electrons. The van der Waals surface area contributed by atoms with Crippen LogP contribution in [0, 0.1) is 0 Å². The minimum atomic E-state index is -4.61. The molecule has 0 aliphatic carbocycles. The number of benzene rings is 1. The molecule has 8 heteroatoms. The van der Waals surface area contributed by atoms with Gasteiger partial charge in [-0.1, -0.05) is 24.8 Å². The molecule has 0 unspecified atom stereocenters. The van der Waals surface area contributed by atoms with Crippen LogP contribution in [0.3, 0.4) is 0 Å². The monoisotopic (exact) mass is 390 g/mol. The third-order valence-corrected chi connectivity index (χ3v) is 3.58. The molecule has 1 amide bonds. The highest BCUT2D eigenvalue weighted by Crippen LogP contribution is 2.31. The summed E-state index contributed by atoms with van der Waals surface area (Å²) in [5.74, 6) is -0.550. The van der Waals surface area contributed by atoms with Crippen molar-refractivity contribution in [3.05, 3.63) is 59.8 Å². The lowest BCUT2D eigenvalue weighted by Crippen LogP contribution is -2.28. The Labute approximate surface area is 154 Å². The highest BCUT2D eigenvalue weighted by molar-refractivity contribution is 6.19. The summed E-state index contributed by atoms with van der Waals surface area (Å²) in [7, 11) is 0. The molecule has 0 fully saturated rings. The topological polar surface area (TPSA) is 41.5 Å². The zero-order chi connectivity index (χ0) is 19.6. The average Bonchev–Trinajstić information content (AvgIpc) is 2.61. The van der Waals surface area contributed by atoms with Crippen molar-refractivity contribution >= 4 is 23.2 Å². The van der Waals surface area contributed by atoms with E-state index in [4.69, 9.17) is 11.6 Å². The van der Waals surface area contributed by atoms with Gasteiger partial charge in [0, 0.05) is 36.3 Å². The van der Waals surface area contributed by atoms with Crippen molar-refractivity contribution < 1.29 is 22.4 Å². The fourth-order valence-corrected chi connectivity index (χ4v) is 2.24. The number of amides is 1. The maximum absolute atomic E-state index is 12.9. The van der Waals surface area contributed by atoms with Crippen LogP contribution in [0.1, 0.15) is 28.8 Å². The van der Waals surface area contributed by atoms with Crippen LogP contribution in [0.25, 0.3) is 0 Å². The number of rotatable bonds is 9. The minimum absolute atomic E-state index is 0.0770. The van der Waals surface area contributed by atoms with Crippen LogP contribution in [0.2, 0.25) is 0 Å². The average molecular weight is 391 g/mol. The zero-order valence-corrected chi connectivity index (χ0v) is 14.7. The predicted octanol–water partition coefficient (Wildman–Crippen LogP) is 4.93. The first-order valence-electron chi connectivity index (χ1n) is 7.76. The van der Waals surface area contributed by atoms with E-state index in [-0.39, 0.29) is 18.8 Å². The van der Waals surface area contributed by atoms with Crippen molar-refractivity contribution in [3.8, 4) is 0 Å². The summed E-state index contributed by atoms with van der Waals surface area (Å²) in [6.45, 7) is 2.81. The van der Waals surface area contributed by atoms with Crippen LogP contribution in [0.5, 0.6) is 0 Å². The van der Waals surface area contributed by atoms with Crippen LogP contribution in [0.15, 0.2) is 53.7 Å². The van der Waals surface area contributed by atoms with Gasteiger partial charge in [0.2, 0.25) is 0 Å². The lowest BCUT2D eigenvalue weighted by Gasteiger charge is -2.13. The fourth-order valence-electron chi connectivity index (χ4n) is 2.02. The van der Waals surface area contributed by atoms with Gasteiger partial charge < -0.3 is 5.32 Å². The van der Waals surface area contributed by atoms with Crippen molar-refractivity contribution in [1.82, 2.24) is 5.32 Å². The summed E-state index contributed by atoms with van der Waals surface area (Å²) >= 11 is 5.68. The van der Waals surface area contributed by atoms with E-state index in [0.29, 0.717) is 17.7 Å². The number of alkyl halides is 5. The molecule has 0 saturated heterocycles. The van der Waals surface area contributed by atoms with Gasteiger partial charge in [-0.2, -0.15) is 13.2 Å². The van der Waals surface area contributed by atoms with E-state index in [1.165, 1.54) is 24.4 Å². The van der Waals surface area contributed by atoms with Crippen LogP contribution in [-0.2, 0) is 6.18 Å². The number of halogens is 5. The molecule has 0 aliphatic heterocycles. The van der Waals surface area contributed by atoms with E-state index in [2.05, 4.69) is 16.9 Å². The fraction of sp³-hybridized carbons (Fsp3) is 0.333. The first-order valence-corrected chi connectivity index (χ1v) is 8.30. The summed E-state index contributed by atoms with van der Waals surface area (Å²) in [6, 6.07) is 4.56. The SMILES string of the molecule is C=C/C(=C\N=C(/CCCl)CCNC(=O)c1ccccc1C(F)(F)F)CF. The largest absolute Gasteiger partial charge is 0.417 e. The molecule has 1 aromatic rings. The van der Waals surface area contributed by atoms with Gasteiger partial charge in [0.05, 0.1) is 11.1 Å². The van der Waals surface area contributed by atoms with Gasteiger partial charge in [-0.25, -0.2) is 4.39 Å². The quantitative estimate of drug-likeness (QED) is 0.276. The second-order valence-corrected chi connectivity index (χ2v) is 5.60. The molecule has 0 heterocycles. The molecular weight excluding hydrogens is 372 g/mol.